The second-order valence-electron chi connectivity index (χ2n) is 10.4. The lowest BCUT2D eigenvalue weighted by Gasteiger charge is -2.24. The molecule has 1 amide bonds. The van der Waals surface area contributed by atoms with E-state index >= 15 is 0 Å². The Labute approximate surface area is 235 Å². The van der Waals surface area contributed by atoms with Crippen molar-refractivity contribution in [3.05, 3.63) is 82.8 Å². The fourth-order valence-corrected chi connectivity index (χ4v) is 6.46. The van der Waals surface area contributed by atoms with Gasteiger partial charge in [-0.3, -0.25) is 9.59 Å². The third-order valence-corrected chi connectivity index (χ3v) is 8.74. The van der Waals surface area contributed by atoms with Gasteiger partial charge in [0.1, 0.15) is 22.5 Å². The molecule has 0 aliphatic carbocycles. The van der Waals surface area contributed by atoms with E-state index in [1.165, 1.54) is 10.4 Å². The number of carbonyl (C=O) groups is 2. The largest absolute Gasteiger partial charge is 0.488 e. The number of hydrogen-bond acceptors (Lipinski definition) is 6. The van der Waals surface area contributed by atoms with Crippen LogP contribution in [0.4, 0.5) is 0 Å². The molecule has 40 heavy (non-hydrogen) atoms. The lowest BCUT2D eigenvalue weighted by atomic mass is 9.90. The Bertz CT molecular complexity index is 1480. The number of sulfonamides is 1. The van der Waals surface area contributed by atoms with Gasteiger partial charge >= 0.3 is 5.97 Å². The number of para-hydroxylation sites is 1. The Morgan fingerprint density at radius 1 is 1.12 bits per heavy atom. The Morgan fingerprint density at radius 3 is 2.58 bits per heavy atom. The van der Waals surface area contributed by atoms with Crippen LogP contribution in [0.5, 0.6) is 5.75 Å². The van der Waals surface area contributed by atoms with Crippen LogP contribution in [0.3, 0.4) is 0 Å². The van der Waals surface area contributed by atoms with Gasteiger partial charge in [0.05, 0.1) is 18.9 Å². The standard InChI is InChI=1S/C30H36N2O7S/c1-5-8-23-18-32(40(36,37)28-10-7-6-9-26(28)38-23)17-22-15-21(12-11-20(22)4)24(16-29(33)34)25-13-14-27(39-25)30(35)31-19(2)3/h6-7,9-15,19,23-24H,5,8,16-18H2,1-4H3,(H,31,35)(H,33,34)/t23-,24?/m1/s1. The maximum atomic E-state index is 13.7. The van der Waals surface area contributed by atoms with Crippen molar-refractivity contribution in [2.75, 3.05) is 6.54 Å². The molecular weight excluding hydrogens is 532 g/mol. The fourth-order valence-electron chi connectivity index (χ4n) is 4.88. The molecular formula is C30H36N2O7S. The third-order valence-electron chi connectivity index (χ3n) is 6.89. The van der Waals surface area contributed by atoms with Crippen LogP contribution < -0.4 is 10.1 Å². The van der Waals surface area contributed by atoms with Gasteiger partial charge in [-0.15, -0.1) is 0 Å². The number of carboxylic acids is 1. The van der Waals surface area contributed by atoms with E-state index in [1.54, 1.807) is 30.3 Å². The summed E-state index contributed by atoms with van der Waals surface area (Å²) in [6.07, 6.45) is 0.978. The SMILES string of the molecule is CCC[C@@H]1CN(Cc2cc(C(CC(=O)O)c3ccc(C(=O)NC(C)C)o3)ccc2C)S(=O)(=O)c2ccccc2O1. The highest BCUT2D eigenvalue weighted by Crippen LogP contribution is 2.35. The predicted molar refractivity (Wildman–Crippen MR) is 150 cm³/mol. The van der Waals surface area contributed by atoms with Gasteiger partial charge in [0.15, 0.2) is 5.76 Å². The lowest BCUT2D eigenvalue weighted by Crippen LogP contribution is -2.36. The average Bonchev–Trinajstić information content (AvgIpc) is 3.35. The summed E-state index contributed by atoms with van der Waals surface area (Å²) in [4.78, 5) is 24.4. The van der Waals surface area contributed by atoms with Crippen molar-refractivity contribution < 1.29 is 32.3 Å². The molecule has 0 saturated heterocycles. The van der Waals surface area contributed by atoms with Crippen molar-refractivity contribution in [2.24, 2.45) is 0 Å². The first-order chi connectivity index (χ1) is 19.0. The molecule has 10 heteroatoms. The zero-order valence-corrected chi connectivity index (χ0v) is 24.0. The number of benzene rings is 2. The van der Waals surface area contributed by atoms with Crippen LogP contribution in [0, 0.1) is 6.92 Å². The molecule has 1 aliphatic rings. The molecule has 1 aromatic heterocycles. The molecule has 2 N–H and O–H groups in total. The van der Waals surface area contributed by atoms with Gasteiger partial charge in [0, 0.05) is 12.6 Å². The fraction of sp³-hybridized carbons (Fsp3) is 0.400. The zero-order chi connectivity index (χ0) is 29.0. The Kier molecular flexibility index (Phi) is 9.00. The Hall–Kier alpha value is -3.63. The summed E-state index contributed by atoms with van der Waals surface area (Å²) in [6, 6.07) is 15.3. The Balaban J connectivity index is 1.69. The molecule has 2 heterocycles. The van der Waals surface area contributed by atoms with E-state index in [-0.39, 0.29) is 48.2 Å². The minimum absolute atomic E-state index is 0.0833. The summed E-state index contributed by atoms with van der Waals surface area (Å²) >= 11 is 0. The molecule has 0 bridgehead atoms. The maximum absolute atomic E-state index is 13.7. The maximum Gasteiger partial charge on any atom is 0.304 e. The van der Waals surface area contributed by atoms with Crippen LogP contribution >= 0.6 is 0 Å². The first-order valence-corrected chi connectivity index (χ1v) is 14.9. The van der Waals surface area contributed by atoms with Crippen molar-refractivity contribution in [3.8, 4) is 5.75 Å². The number of aryl methyl sites for hydroxylation is 1. The predicted octanol–water partition coefficient (Wildman–Crippen LogP) is 5.08. The molecule has 0 radical (unpaired) electrons. The highest BCUT2D eigenvalue weighted by atomic mass is 32.2. The smallest absolute Gasteiger partial charge is 0.304 e. The number of nitrogens with one attached hydrogen (secondary N) is 1. The van der Waals surface area contributed by atoms with Gasteiger partial charge in [0.25, 0.3) is 5.91 Å². The number of ether oxygens (including phenoxy) is 1. The van der Waals surface area contributed by atoms with E-state index in [0.29, 0.717) is 23.5 Å². The van der Waals surface area contributed by atoms with Crippen LogP contribution in [-0.4, -0.2) is 48.4 Å². The van der Waals surface area contributed by atoms with E-state index < -0.39 is 21.9 Å². The molecule has 2 atom stereocenters. The van der Waals surface area contributed by atoms with Gasteiger partial charge in [-0.2, -0.15) is 4.31 Å². The van der Waals surface area contributed by atoms with Crippen molar-refractivity contribution in [3.63, 3.8) is 0 Å². The summed E-state index contributed by atoms with van der Waals surface area (Å²) in [5, 5.41) is 12.4. The molecule has 3 aromatic rings. The summed E-state index contributed by atoms with van der Waals surface area (Å²) < 4.78 is 40.8. The zero-order valence-electron chi connectivity index (χ0n) is 23.2. The first-order valence-electron chi connectivity index (χ1n) is 13.5. The highest BCUT2D eigenvalue weighted by Gasteiger charge is 2.35. The van der Waals surface area contributed by atoms with Crippen LogP contribution in [-0.2, 0) is 21.4 Å². The van der Waals surface area contributed by atoms with E-state index in [0.717, 1.165) is 17.5 Å². The summed E-state index contributed by atoms with van der Waals surface area (Å²) in [7, 11) is -3.85. The monoisotopic (exact) mass is 568 g/mol. The molecule has 0 fully saturated rings. The normalized spacial score (nSPS) is 17.5. The van der Waals surface area contributed by atoms with E-state index in [4.69, 9.17) is 9.15 Å². The highest BCUT2D eigenvalue weighted by molar-refractivity contribution is 7.89. The van der Waals surface area contributed by atoms with Crippen molar-refractivity contribution in [1.82, 2.24) is 9.62 Å². The second kappa shape index (κ2) is 12.3. The number of hydrogen-bond donors (Lipinski definition) is 2. The summed E-state index contributed by atoms with van der Waals surface area (Å²) in [5.41, 5.74) is 2.27. The van der Waals surface area contributed by atoms with Gasteiger partial charge in [-0.1, -0.05) is 43.7 Å². The van der Waals surface area contributed by atoms with Crippen LogP contribution in [0.2, 0.25) is 0 Å². The average molecular weight is 569 g/mol. The molecule has 1 unspecified atom stereocenters. The van der Waals surface area contributed by atoms with Gasteiger partial charge in [0.2, 0.25) is 10.0 Å². The molecule has 214 valence electrons. The van der Waals surface area contributed by atoms with Crippen LogP contribution in [0.1, 0.15) is 79.0 Å². The number of furan rings is 1. The van der Waals surface area contributed by atoms with E-state index in [9.17, 15) is 23.1 Å². The topological polar surface area (TPSA) is 126 Å². The lowest BCUT2D eigenvalue weighted by molar-refractivity contribution is -0.137. The number of aliphatic carboxylic acids is 1. The van der Waals surface area contributed by atoms with Crippen LogP contribution in [0.15, 0.2) is 63.9 Å². The minimum Gasteiger partial charge on any atom is -0.488 e. The molecule has 0 spiro atoms. The molecule has 1 aliphatic heterocycles. The second-order valence-corrected chi connectivity index (χ2v) is 12.3. The Morgan fingerprint density at radius 2 is 1.88 bits per heavy atom. The van der Waals surface area contributed by atoms with E-state index in [1.807, 2.05) is 45.9 Å². The molecule has 9 nitrogen and oxygen atoms in total. The van der Waals surface area contributed by atoms with E-state index in [2.05, 4.69) is 5.32 Å². The van der Waals surface area contributed by atoms with Gasteiger partial charge in [-0.25, -0.2) is 8.42 Å². The quantitative estimate of drug-likeness (QED) is 0.349. The number of nitrogens with zero attached hydrogens (tertiary/aromatic N) is 1. The first kappa shape index (κ1) is 29.4. The third kappa shape index (κ3) is 6.56. The van der Waals surface area contributed by atoms with Crippen LogP contribution in [0.25, 0.3) is 0 Å². The van der Waals surface area contributed by atoms with Gasteiger partial charge in [-0.05, 0) is 68.1 Å². The number of fused-ring (bicyclic) bond motifs is 1. The van der Waals surface area contributed by atoms with Crippen molar-refractivity contribution in [1.29, 1.82) is 0 Å². The number of carboxylic acid groups (broad SMARTS) is 1. The molecule has 4 rings (SSSR count). The van der Waals surface area contributed by atoms with Crippen molar-refractivity contribution >= 4 is 21.9 Å². The number of carbonyl (C=O) groups excluding carboxylic acids is 1. The van der Waals surface area contributed by atoms with Gasteiger partial charge < -0.3 is 19.6 Å². The minimum atomic E-state index is -3.85. The number of rotatable bonds is 10. The summed E-state index contributed by atoms with van der Waals surface area (Å²) in [6.45, 7) is 7.89. The molecule has 2 aromatic carbocycles. The molecule has 0 saturated carbocycles. The number of amides is 1. The van der Waals surface area contributed by atoms with Crippen molar-refractivity contribution in [2.45, 2.75) is 76.5 Å². The summed E-state index contributed by atoms with van der Waals surface area (Å²) in [5.74, 6) is -1.28.